The Morgan fingerprint density at radius 2 is 1.65 bits per heavy atom. The SMILES string of the molecule is CC/C=C1\C(C)(C)CC=C(c2ccc(C(C)CC)cc2)C1(C)C. The third kappa shape index (κ3) is 3.47. The number of allylic oxidation sites excluding steroid dienone is 4. The maximum absolute atomic E-state index is 2.48. The Morgan fingerprint density at radius 1 is 1.04 bits per heavy atom. The minimum Gasteiger partial charge on any atom is -0.0842 e. The van der Waals surface area contributed by atoms with Crippen molar-refractivity contribution in [3.8, 4) is 0 Å². The van der Waals surface area contributed by atoms with Gasteiger partial charge in [0.2, 0.25) is 0 Å². The van der Waals surface area contributed by atoms with Crippen molar-refractivity contribution in [1.29, 1.82) is 0 Å². The molecule has 23 heavy (non-hydrogen) atoms. The van der Waals surface area contributed by atoms with Gasteiger partial charge in [-0.05, 0) is 47.3 Å². The molecule has 1 aliphatic carbocycles. The number of rotatable bonds is 4. The third-order valence-electron chi connectivity index (χ3n) is 5.70. The average molecular weight is 311 g/mol. The van der Waals surface area contributed by atoms with Crippen molar-refractivity contribution < 1.29 is 0 Å². The molecular formula is C23H34. The number of hydrogen-bond donors (Lipinski definition) is 0. The zero-order valence-electron chi connectivity index (χ0n) is 16.2. The Kier molecular flexibility index (Phi) is 5.23. The minimum absolute atomic E-state index is 0.107. The van der Waals surface area contributed by atoms with Crippen LogP contribution in [0, 0.1) is 10.8 Å². The molecule has 1 aromatic rings. The van der Waals surface area contributed by atoms with Crippen molar-refractivity contribution in [2.24, 2.45) is 10.8 Å². The van der Waals surface area contributed by atoms with Gasteiger partial charge in [0, 0.05) is 5.41 Å². The first kappa shape index (κ1) is 18.0. The van der Waals surface area contributed by atoms with Crippen LogP contribution in [0.2, 0.25) is 0 Å². The summed E-state index contributed by atoms with van der Waals surface area (Å²) in [4.78, 5) is 0. The largest absolute Gasteiger partial charge is 0.0842 e. The van der Waals surface area contributed by atoms with E-state index in [4.69, 9.17) is 0 Å². The normalized spacial score (nSPS) is 22.7. The van der Waals surface area contributed by atoms with Crippen molar-refractivity contribution in [3.63, 3.8) is 0 Å². The van der Waals surface area contributed by atoms with Crippen LogP contribution in [0.4, 0.5) is 0 Å². The highest BCUT2D eigenvalue weighted by Crippen LogP contribution is 2.53. The Hall–Kier alpha value is -1.30. The van der Waals surface area contributed by atoms with Gasteiger partial charge >= 0.3 is 0 Å². The smallest absolute Gasteiger partial charge is 0.0113 e. The van der Waals surface area contributed by atoms with E-state index in [1.807, 2.05) is 0 Å². The van der Waals surface area contributed by atoms with Gasteiger partial charge in [0.05, 0.1) is 0 Å². The molecule has 0 aromatic heterocycles. The van der Waals surface area contributed by atoms with E-state index in [1.54, 1.807) is 5.57 Å². The Bertz CT molecular complexity index is 593. The summed E-state index contributed by atoms with van der Waals surface area (Å²) in [5.41, 5.74) is 6.30. The summed E-state index contributed by atoms with van der Waals surface area (Å²) in [5.74, 6) is 0.645. The lowest BCUT2D eigenvalue weighted by molar-refractivity contribution is 0.352. The second-order valence-electron chi connectivity index (χ2n) is 8.29. The second-order valence-corrected chi connectivity index (χ2v) is 8.29. The molecule has 0 radical (unpaired) electrons. The first-order valence-corrected chi connectivity index (χ1v) is 9.26. The molecular weight excluding hydrogens is 276 g/mol. The fraction of sp³-hybridized carbons (Fsp3) is 0.565. The highest BCUT2D eigenvalue weighted by atomic mass is 14.4. The van der Waals surface area contributed by atoms with Gasteiger partial charge in [0.25, 0.3) is 0 Å². The molecule has 0 nitrogen and oxygen atoms in total. The molecule has 0 amide bonds. The average Bonchev–Trinajstić information content (AvgIpc) is 2.50. The van der Waals surface area contributed by atoms with Crippen LogP contribution >= 0.6 is 0 Å². The van der Waals surface area contributed by atoms with Crippen LogP contribution in [-0.4, -0.2) is 0 Å². The molecule has 1 aromatic carbocycles. The zero-order chi connectivity index (χ0) is 17.3. The van der Waals surface area contributed by atoms with Gasteiger partial charge in [-0.15, -0.1) is 0 Å². The first-order chi connectivity index (χ1) is 10.7. The highest BCUT2D eigenvalue weighted by molar-refractivity contribution is 5.75. The molecule has 0 bridgehead atoms. The van der Waals surface area contributed by atoms with Crippen molar-refractivity contribution in [1.82, 2.24) is 0 Å². The molecule has 0 saturated heterocycles. The molecule has 0 N–H and O–H groups in total. The molecule has 0 saturated carbocycles. The van der Waals surface area contributed by atoms with Gasteiger partial charge in [-0.1, -0.05) is 90.5 Å². The minimum atomic E-state index is 0.107. The third-order valence-corrected chi connectivity index (χ3v) is 5.70. The van der Waals surface area contributed by atoms with Gasteiger partial charge in [-0.3, -0.25) is 0 Å². The predicted octanol–water partition coefficient (Wildman–Crippen LogP) is 7.38. The monoisotopic (exact) mass is 310 g/mol. The summed E-state index contributed by atoms with van der Waals surface area (Å²) >= 11 is 0. The Morgan fingerprint density at radius 3 is 2.17 bits per heavy atom. The van der Waals surface area contributed by atoms with Crippen molar-refractivity contribution in [2.75, 3.05) is 0 Å². The van der Waals surface area contributed by atoms with E-state index < -0.39 is 0 Å². The van der Waals surface area contributed by atoms with Gasteiger partial charge in [0.1, 0.15) is 0 Å². The molecule has 0 heterocycles. The second kappa shape index (κ2) is 6.67. The Labute approximate surface area is 143 Å². The van der Waals surface area contributed by atoms with Gasteiger partial charge in [0.15, 0.2) is 0 Å². The fourth-order valence-electron chi connectivity index (χ4n) is 4.15. The van der Waals surface area contributed by atoms with Crippen molar-refractivity contribution in [3.05, 3.63) is 53.1 Å². The molecule has 0 fully saturated rings. The van der Waals surface area contributed by atoms with E-state index in [1.165, 1.54) is 23.1 Å². The van der Waals surface area contributed by atoms with Gasteiger partial charge in [-0.25, -0.2) is 0 Å². The van der Waals surface area contributed by atoms with E-state index in [0.29, 0.717) is 5.92 Å². The lowest BCUT2D eigenvalue weighted by Crippen LogP contribution is -2.32. The first-order valence-electron chi connectivity index (χ1n) is 9.26. The summed E-state index contributed by atoms with van der Waals surface area (Å²) in [6, 6.07) is 9.31. The number of benzene rings is 1. The highest BCUT2D eigenvalue weighted by Gasteiger charge is 2.40. The molecule has 126 valence electrons. The molecule has 1 unspecified atom stereocenters. The zero-order valence-corrected chi connectivity index (χ0v) is 16.2. The topological polar surface area (TPSA) is 0 Å². The van der Waals surface area contributed by atoms with Crippen molar-refractivity contribution >= 4 is 5.57 Å². The van der Waals surface area contributed by atoms with Crippen LogP contribution in [0.1, 0.15) is 84.8 Å². The summed E-state index contributed by atoms with van der Waals surface area (Å²) in [5, 5.41) is 0. The van der Waals surface area contributed by atoms with Crippen LogP contribution in [0.15, 0.2) is 42.0 Å². The quantitative estimate of drug-likeness (QED) is 0.509. The van der Waals surface area contributed by atoms with E-state index in [2.05, 4.69) is 84.9 Å². The maximum atomic E-state index is 2.48. The molecule has 0 spiro atoms. The van der Waals surface area contributed by atoms with E-state index in [9.17, 15) is 0 Å². The lowest BCUT2D eigenvalue weighted by atomic mass is 9.60. The summed E-state index contributed by atoms with van der Waals surface area (Å²) < 4.78 is 0. The predicted molar refractivity (Wildman–Crippen MR) is 104 cm³/mol. The molecule has 0 heteroatoms. The molecule has 1 atom stereocenters. The van der Waals surface area contributed by atoms with Gasteiger partial charge < -0.3 is 0 Å². The van der Waals surface area contributed by atoms with E-state index >= 15 is 0 Å². The Balaban J connectivity index is 2.43. The molecule has 1 aliphatic rings. The molecule has 2 rings (SSSR count). The number of hydrogen-bond acceptors (Lipinski definition) is 0. The lowest BCUT2D eigenvalue weighted by Gasteiger charge is -2.45. The van der Waals surface area contributed by atoms with E-state index in [0.717, 1.165) is 12.8 Å². The maximum Gasteiger partial charge on any atom is 0.0113 e. The van der Waals surface area contributed by atoms with Crippen LogP contribution in [0.25, 0.3) is 5.57 Å². The summed E-state index contributed by atoms with van der Waals surface area (Å²) in [7, 11) is 0. The van der Waals surface area contributed by atoms with Crippen LogP contribution in [0.3, 0.4) is 0 Å². The molecule has 0 aliphatic heterocycles. The summed E-state index contributed by atoms with van der Waals surface area (Å²) in [6.45, 7) is 16.4. The van der Waals surface area contributed by atoms with Crippen LogP contribution in [0.5, 0.6) is 0 Å². The van der Waals surface area contributed by atoms with Gasteiger partial charge in [-0.2, -0.15) is 0 Å². The summed E-state index contributed by atoms with van der Waals surface area (Å²) in [6.07, 6.45) is 8.38. The van der Waals surface area contributed by atoms with Crippen molar-refractivity contribution in [2.45, 2.75) is 73.6 Å². The van der Waals surface area contributed by atoms with E-state index in [-0.39, 0.29) is 10.8 Å². The standard InChI is InChI=1S/C23H34/c1-8-10-21-22(4,5)16-15-20(23(21,6)7)19-13-11-18(12-14-19)17(3)9-2/h10-15,17H,8-9,16H2,1-7H3/b21-10+. The fourth-order valence-corrected chi connectivity index (χ4v) is 4.15. The van der Waals surface area contributed by atoms with Crippen LogP contribution in [-0.2, 0) is 0 Å². The van der Waals surface area contributed by atoms with Crippen LogP contribution < -0.4 is 0 Å².